The molecule has 0 aliphatic carbocycles. The van der Waals surface area contributed by atoms with Crippen LogP contribution in [0.5, 0.6) is 0 Å². The fourth-order valence-corrected chi connectivity index (χ4v) is 3.69. The van der Waals surface area contributed by atoms with Gasteiger partial charge in [-0.1, -0.05) is 24.6 Å². The first kappa shape index (κ1) is 13.9. The highest BCUT2D eigenvalue weighted by atomic mass is 32.1. The van der Waals surface area contributed by atoms with E-state index in [9.17, 15) is 0 Å². The van der Waals surface area contributed by atoms with E-state index in [1.54, 1.807) is 0 Å². The summed E-state index contributed by atoms with van der Waals surface area (Å²) in [6.45, 7) is 5.23. The maximum absolute atomic E-state index is 5.70. The van der Waals surface area contributed by atoms with Crippen molar-refractivity contribution in [2.45, 2.75) is 32.9 Å². The van der Waals surface area contributed by atoms with E-state index < -0.39 is 0 Å². The largest absolute Gasteiger partial charge is 0.284 e. The highest BCUT2D eigenvalue weighted by Crippen LogP contribution is 2.21. The maximum Gasteiger partial charge on any atom is 0.204 e. The molecule has 1 fully saturated rings. The molecular weight excluding hydrogens is 292 g/mol. The van der Waals surface area contributed by atoms with Crippen molar-refractivity contribution in [3.8, 4) is 0 Å². The van der Waals surface area contributed by atoms with Gasteiger partial charge >= 0.3 is 0 Å². The Kier molecular flexibility index (Phi) is 3.47. The molecule has 1 aliphatic heterocycles. The summed E-state index contributed by atoms with van der Waals surface area (Å²) in [6.07, 6.45) is 3.91. The second-order valence-electron chi connectivity index (χ2n) is 6.14. The topological polar surface area (TPSA) is 25.5 Å². The molecule has 4 nitrogen and oxygen atoms in total. The van der Waals surface area contributed by atoms with Gasteiger partial charge in [0, 0.05) is 5.39 Å². The SMILES string of the molecule is Cc1cc2nn(CN3CCCCC3)c(=S)n2c2ccccc12. The number of fused-ring (bicyclic) bond motifs is 3. The number of piperidine rings is 1. The third-order valence-corrected chi connectivity index (χ3v) is 4.96. The zero-order valence-electron chi connectivity index (χ0n) is 12.8. The predicted molar refractivity (Wildman–Crippen MR) is 91.7 cm³/mol. The highest BCUT2D eigenvalue weighted by molar-refractivity contribution is 7.71. The summed E-state index contributed by atoms with van der Waals surface area (Å²) in [5, 5.41) is 5.99. The van der Waals surface area contributed by atoms with Gasteiger partial charge in [-0.15, -0.1) is 0 Å². The number of aryl methyl sites for hydroxylation is 1. The Labute approximate surface area is 135 Å². The van der Waals surface area contributed by atoms with Crippen molar-refractivity contribution in [1.29, 1.82) is 0 Å². The standard InChI is InChI=1S/C17H20N4S/c1-13-11-16-18-20(12-19-9-5-2-6-10-19)17(22)21(16)15-8-4-3-7-14(13)15/h3-4,7-8,11H,2,5-6,9-10,12H2,1H3. The van der Waals surface area contributed by atoms with Crippen molar-refractivity contribution in [2.75, 3.05) is 13.1 Å². The van der Waals surface area contributed by atoms with E-state index in [1.807, 2.05) is 4.68 Å². The molecule has 0 amide bonds. The van der Waals surface area contributed by atoms with Crippen LogP contribution < -0.4 is 0 Å². The number of rotatable bonds is 2. The van der Waals surface area contributed by atoms with Crippen LogP contribution in [0.2, 0.25) is 0 Å². The van der Waals surface area contributed by atoms with E-state index in [4.69, 9.17) is 17.3 Å². The first-order valence-corrected chi connectivity index (χ1v) is 8.35. The Morgan fingerprint density at radius 2 is 1.91 bits per heavy atom. The molecule has 0 radical (unpaired) electrons. The number of hydrogen-bond acceptors (Lipinski definition) is 3. The van der Waals surface area contributed by atoms with Crippen LogP contribution in [0, 0.1) is 11.7 Å². The number of pyridine rings is 1. The summed E-state index contributed by atoms with van der Waals surface area (Å²) in [5.41, 5.74) is 3.33. The molecule has 3 heterocycles. The van der Waals surface area contributed by atoms with Crippen molar-refractivity contribution in [3.63, 3.8) is 0 Å². The Balaban J connectivity index is 1.86. The van der Waals surface area contributed by atoms with Gasteiger partial charge in [0.1, 0.15) is 0 Å². The summed E-state index contributed by atoms with van der Waals surface area (Å²) in [7, 11) is 0. The molecule has 0 N–H and O–H groups in total. The lowest BCUT2D eigenvalue weighted by Crippen LogP contribution is -2.32. The van der Waals surface area contributed by atoms with Crippen molar-refractivity contribution in [2.24, 2.45) is 0 Å². The summed E-state index contributed by atoms with van der Waals surface area (Å²) < 4.78 is 4.86. The van der Waals surface area contributed by atoms with E-state index in [1.165, 1.54) is 30.2 Å². The van der Waals surface area contributed by atoms with E-state index in [-0.39, 0.29) is 0 Å². The van der Waals surface area contributed by atoms with Crippen molar-refractivity contribution >= 4 is 28.8 Å². The Morgan fingerprint density at radius 3 is 2.73 bits per heavy atom. The normalized spacial score (nSPS) is 16.6. The molecule has 0 bridgehead atoms. The molecule has 1 aliphatic rings. The number of nitrogens with zero attached hydrogens (tertiary/aromatic N) is 4. The van der Waals surface area contributed by atoms with Crippen LogP contribution in [0.1, 0.15) is 24.8 Å². The van der Waals surface area contributed by atoms with Crippen LogP contribution in [-0.4, -0.2) is 32.2 Å². The van der Waals surface area contributed by atoms with E-state index in [0.29, 0.717) is 0 Å². The molecule has 0 spiro atoms. The van der Waals surface area contributed by atoms with Crippen LogP contribution >= 0.6 is 12.2 Å². The lowest BCUT2D eigenvalue weighted by atomic mass is 10.1. The molecule has 0 unspecified atom stereocenters. The number of aromatic nitrogens is 3. The molecular formula is C17H20N4S. The zero-order valence-corrected chi connectivity index (χ0v) is 13.6. The monoisotopic (exact) mass is 312 g/mol. The van der Waals surface area contributed by atoms with Gasteiger partial charge in [-0.3, -0.25) is 9.30 Å². The number of hydrogen-bond donors (Lipinski definition) is 0. The van der Waals surface area contributed by atoms with Gasteiger partial charge in [-0.25, -0.2) is 4.68 Å². The van der Waals surface area contributed by atoms with Crippen LogP contribution in [0.4, 0.5) is 0 Å². The molecule has 3 aromatic rings. The second kappa shape index (κ2) is 5.48. The van der Waals surface area contributed by atoms with Gasteiger partial charge < -0.3 is 0 Å². The van der Waals surface area contributed by atoms with Gasteiger partial charge in [0.2, 0.25) is 4.77 Å². The summed E-state index contributed by atoms with van der Waals surface area (Å²) in [6, 6.07) is 10.5. The third kappa shape index (κ3) is 2.25. The van der Waals surface area contributed by atoms with Gasteiger partial charge in [0.05, 0.1) is 12.2 Å². The minimum atomic E-state index is 0.789. The quantitative estimate of drug-likeness (QED) is 0.674. The maximum atomic E-state index is 5.70. The summed E-state index contributed by atoms with van der Waals surface area (Å²) in [4.78, 5) is 2.45. The molecule has 2 aromatic heterocycles. The summed E-state index contributed by atoms with van der Waals surface area (Å²) >= 11 is 5.70. The molecule has 0 saturated carbocycles. The van der Waals surface area contributed by atoms with E-state index >= 15 is 0 Å². The second-order valence-corrected chi connectivity index (χ2v) is 6.51. The molecule has 22 heavy (non-hydrogen) atoms. The average Bonchev–Trinajstić information content (AvgIpc) is 2.85. The fourth-order valence-electron chi connectivity index (χ4n) is 3.40. The first-order chi connectivity index (χ1) is 10.7. The third-order valence-electron chi connectivity index (χ3n) is 4.56. The Morgan fingerprint density at radius 1 is 1.14 bits per heavy atom. The van der Waals surface area contributed by atoms with Gasteiger partial charge in [-0.2, -0.15) is 5.10 Å². The van der Waals surface area contributed by atoms with Crippen LogP contribution in [-0.2, 0) is 6.67 Å². The van der Waals surface area contributed by atoms with Crippen molar-refractivity contribution in [3.05, 3.63) is 40.7 Å². The Hall–Kier alpha value is -1.72. The minimum Gasteiger partial charge on any atom is -0.284 e. The van der Waals surface area contributed by atoms with Crippen LogP contribution in [0.3, 0.4) is 0 Å². The number of likely N-dealkylation sites (tertiary alicyclic amines) is 1. The average molecular weight is 312 g/mol. The van der Waals surface area contributed by atoms with Crippen LogP contribution in [0.15, 0.2) is 30.3 Å². The highest BCUT2D eigenvalue weighted by Gasteiger charge is 2.14. The predicted octanol–water partition coefficient (Wildman–Crippen LogP) is 3.77. The smallest absolute Gasteiger partial charge is 0.204 e. The molecule has 1 aromatic carbocycles. The fraction of sp³-hybridized carbons (Fsp3) is 0.412. The molecule has 114 valence electrons. The van der Waals surface area contributed by atoms with Crippen LogP contribution in [0.25, 0.3) is 16.6 Å². The zero-order chi connectivity index (χ0) is 15.1. The van der Waals surface area contributed by atoms with E-state index in [0.717, 1.165) is 35.7 Å². The van der Waals surface area contributed by atoms with Gasteiger partial charge in [0.15, 0.2) is 5.65 Å². The molecule has 0 atom stereocenters. The van der Waals surface area contributed by atoms with Crippen molar-refractivity contribution in [1.82, 2.24) is 19.1 Å². The first-order valence-electron chi connectivity index (χ1n) is 7.94. The number of para-hydroxylation sites is 1. The Bertz CT molecular complexity index is 887. The lowest BCUT2D eigenvalue weighted by molar-refractivity contribution is 0.172. The number of benzene rings is 1. The van der Waals surface area contributed by atoms with Gasteiger partial charge in [0.25, 0.3) is 0 Å². The lowest BCUT2D eigenvalue weighted by Gasteiger charge is -2.25. The molecule has 5 heteroatoms. The van der Waals surface area contributed by atoms with Crippen molar-refractivity contribution < 1.29 is 0 Å². The van der Waals surface area contributed by atoms with Gasteiger partial charge in [-0.05, 0) is 62.8 Å². The van der Waals surface area contributed by atoms with E-state index in [2.05, 4.69) is 46.6 Å². The summed E-state index contributed by atoms with van der Waals surface area (Å²) in [5.74, 6) is 0. The molecule has 4 rings (SSSR count). The minimum absolute atomic E-state index is 0.789. The molecule has 1 saturated heterocycles.